The second-order valence-corrected chi connectivity index (χ2v) is 10.9. The predicted octanol–water partition coefficient (Wildman–Crippen LogP) is 4.83. The van der Waals surface area contributed by atoms with E-state index in [1.165, 1.54) is 16.2 Å². The molecule has 1 spiro atoms. The molecule has 176 valence electrons. The highest BCUT2D eigenvalue weighted by Gasteiger charge is 2.70. The van der Waals surface area contributed by atoms with Gasteiger partial charge < -0.3 is 14.4 Å². The fourth-order valence-corrected chi connectivity index (χ4v) is 6.48. The molecule has 2 aliphatic carbocycles. The van der Waals surface area contributed by atoms with Crippen LogP contribution in [0.15, 0.2) is 30.3 Å². The van der Waals surface area contributed by atoms with E-state index in [1.807, 2.05) is 30.3 Å². The van der Waals surface area contributed by atoms with Crippen molar-refractivity contribution in [3.05, 3.63) is 35.9 Å². The van der Waals surface area contributed by atoms with Crippen LogP contribution in [0.1, 0.15) is 64.9 Å². The molecule has 1 heterocycles. The number of rotatable bonds is 5. The molecule has 4 atom stereocenters. The van der Waals surface area contributed by atoms with E-state index in [2.05, 4.69) is 20.8 Å². The fraction of sp³-hybridized carbons (Fsp3) is 0.692. The lowest BCUT2D eigenvalue weighted by molar-refractivity contribution is -0.229. The van der Waals surface area contributed by atoms with E-state index in [0.29, 0.717) is 5.92 Å². The van der Waals surface area contributed by atoms with Crippen molar-refractivity contribution < 1.29 is 19.1 Å². The summed E-state index contributed by atoms with van der Waals surface area (Å²) >= 11 is 0. The Bertz CT molecular complexity index is 855. The van der Waals surface area contributed by atoms with Gasteiger partial charge in [-0.1, -0.05) is 51.1 Å². The SMILES string of the molecule is CN(C)C(=O)CN(C(=O)OCc1ccccc1)[C@H]1CCC[C@]2(C[C@H]3CC[C@]2(C)C3(C)C)O1. The third-order valence-electron chi connectivity index (χ3n) is 9.00. The Morgan fingerprint density at radius 2 is 1.81 bits per heavy atom. The molecule has 2 saturated carbocycles. The molecule has 0 N–H and O–H groups in total. The van der Waals surface area contributed by atoms with Gasteiger partial charge >= 0.3 is 6.09 Å². The van der Waals surface area contributed by atoms with Gasteiger partial charge in [-0.3, -0.25) is 9.69 Å². The second kappa shape index (κ2) is 8.36. The number of carbonyl (C=O) groups excluding carboxylic acids is 2. The molecule has 1 aliphatic heterocycles. The number of hydrogen-bond acceptors (Lipinski definition) is 4. The highest BCUT2D eigenvalue weighted by atomic mass is 16.6. The number of amides is 2. The maximum Gasteiger partial charge on any atom is 0.412 e. The molecule has 1 saturated heterocycles. The Kier molecular flexibility index (Phi) is 6.03. The van der Waals surface area contributed by atoms with Gasteiger partial charge in [0.2, 0.25) is 5.91 Å². The standard InChI is InChI=1S/C26H38N2O4/c1-24(2)20-13-15-25(24,3)26(16-20)14-9-12-22(32-26)28(17-21(29)27(4)5)23(30)31-18-19-10-7-6-8-11-19/h6-8,10-11,20,22H,9,12-18H2,1-5H3/t20-,22-,25-,26-/m1/s1. The first-order valence-electron chi connectivity index (χ1n) is 11.9. The van der Waals surface area contributed by atoms with Crippen molar-refractivity contribution in [3.8, 4) is 0 Å². The van der Waals surface area contributed by atoms with Gasteiger partial charge in [0.1, 0.15) is 19.4 Å². The van der Waals surface area contributed by atoms with Crippen LogP contribution in [-0.4, -0.2) is 54.3 Å². The zero-order valence-corrected chi connectivity index (χ0v) is 20.2. The Balaban J connectivity index is 1.54. The summed E-state index contributed by atoms with van der Waals surface area (Å²) in [4.78, 5) is 28.8. The smallest absolute Gasteiger partial charge is 0.412 e. The Hall–Kier alpha value is -2.08. The van der Waals surface area contributed by atoms with Crippen LogP contribution >= 0.6 is 0 Å². The minimum Gasteiger partial charge on any atom is -0.444 e. The lowest BCUT2D eigenvalue weighted by Crippen LogP contribution is -2.58. The van der Waals surface area contributed by atoms with E-state index in [9.17, 15) is 9.59 Å². The molecule has 4 rings (SSSR count). The van der Waals surface area contributed by atoms with Crippen LogP contribution in [0.5, 0.6) is 0 Å². The first-order valence-corrected chi connectivity index (χ1v) is 11.9. The second-order valence-electron chi connectivity index (χ2n) is 10.9. The van der Waals surface area contributed by atoms with E-state index in [0.717, 1.165) is 37.7 Å². The third-order valence-corrected chi connectivity index (χ3v) is 9.00. The van der Waals surface area contributed by atoms with E-state index >= 15 is 0 Å². The molecule has 0 aromatic heterocycles. The topological polar surface area (TPSA) is 59.1 Å². The lowest BCUT2D eigenvalue weighted by Gasteiger charge is -2.53. The van der Waals surface area contributed by atoms with Crippen molar-refractivity contribution in [2.24, 2.45) is 16.7 Å². The first kappa shape index (κ1) is 23.1. The van der Waals surface area contributed by atoms with Crippen LogP contribution in [0.3, 0.4) is 0 Å². The predicted molar refractivity (Wildman–Crippen MR) is 123 cm³/mol. The number of carbonyl (C=O) groups is 2. The van der Waals surface area contributed by atoms with Crippen LogP contribution in [0.25, 0.3) is 0 Å². The average Bonchev–Trinajstić information content (AvgIpc) is 3.08. The van der Waals surface area contributed by atoms with Crippen molar-refractivity contribution in [2.45, 2.75) is 77.7 Å². The van der Waals surface area contributed by atoms with Crippen LogP contribution in [0.2, 0.25) is 0 Å². The molecule has 32 heavy (non-hydrogen) atoms. The maximum absolute atomic E-state index is 13.2. The molecule has 1 aromatic carbocycles. The minimum absolute atomic E-state index is 0.0368. The summed E-state index contributed by atoms with van der Waals surface area (Å²) in [6.07, 6.45) is 5.26. The molecular weight excluding hydrogens is 404 g/mol. The van der Waals surface area contributed by atoms with Gasteiger partial charge in [0, 0.05) is 19.5 Å². The van der Waals surface area contributed by atoms with E-state index in [4.69, 9.17) is 9.47 Å². The van der Waals surface area contributed by atoms with Gasteiger partial charge in [-0.15, -0.1) is 0 Å². The quantitative estimate of drug-likeness (QED) is 0.656. The summed E-state index contributed by atoms with van der Waals surface area (Å²) < 4.78 is 12.5. The molecule has 3 fully saturated rings. The maximum atomic E-state index is 13.2. The molecule has 0 radical (unpaired) electrons. The van der Waals surface area contributed by atoms with Gasteiger partial charge in [0.15, 0.2) is 0 Å². The van der Waals surface area contributed by atoms with E-state index < -0.39 is 12.3 Å². The molecule has 6 heteroatoms. The van der Waals surface area contributed by atoms with Crippen LogP contribution in [0.4, 0.5) is 4.79 Å². The Morgan fingerprint density at radius 1 is 1.09 bits per heavy atom. The number of ether oxygens (including phenoxy) is 2. The molecule has 3 aliphatic rings. The Labute approximate surface area is 192 Å². The molecule has 2 amide bonds. The van der Waals surface area contributed by atoms with Crippen molar-refractivity contribution in [1.82, 2.24) is 9.80 Å². The van der Waals surface area contributed by atoms with Crippen LogP contribution in [-0.2, 0) is 20.9 Å². The molecule has 6 nitrogen and oxygen atoms in total. The summed E-state index contributed by atoms with van der Waals surface area (Å²) in [5, 5.41) is 0. The van der Waals surface area contributed by atoms with E-state index in [1.54, 1.807) is 14.1 Å². The number of hydrogen-bond donors (Lipinski definition) is 0. The van der Waals surface area contributed by atoms with Crippen LogP contribution in [0, 0.1) is 16.7 Å². The molecule has 1 aromatic rings. The van der Waals surface area contributed by atoms with Gasteiger partial charge in [-0.2, -0.15) is 0 Å². The van der Waals surface area contributed by atoms with E-state index in [-0.39, 0.29) is 35.5 Å². The lowest BCUT2D eigenvalue weighted by atomic mass is 9.62. The molecule has 2 bridgehead atoms. The van der Waals surface area contributed by atoms with Gasteiger partial charge in [0.05, 0.1) is 5.60 Å². The normalized spacial score (nSPS) is 32.7. The number of benzene rings is 1. The number of nitrogens with zero attached hydrogens (tertiary/aromatic N) is 2. The summed E-state index contributed by atoms with van der Waals surface area (Å²) in [5.74, 6) is 0.512. The van der Waals surface area contributed by atoms with Gasteiger partial charge in [-0.25, -0.2) is 4.79 Å². The van der Waals surface area contributed by atoms with Gasteiger partial charge in [0.25, 0.3) is 0 Å². The summed E-state index contributed by atoms with van der Waals surface area (Å²) in [6, 6.07) is 9.62. The average molecular weight is 443 g/mol. The molecular formula is C26H38N2O4. The Morgan fingerprint density at radius 3 is 2.41 bits per heavy atom. The molecule has 0 unspecified atom stereocenters. The van der Waals surface area contributed by atoms with Gasteiger partial charge in [-0.05, 0) is 55.4 Å². The monoisotopic (exact) mass is 442 g/mol. The summed E-state index contributed by atoms with van der Waals surface area (Å²) in [5.41, 5.74) is 0.978. The fourth-order valence-electron chi connectivity index (χ4n) is 6.48. The minimum atomic E-state index is -0.487. The number of likely N-dealkylation sites (N-methyl/N-ethyl adjacent to an activating group) is 1. The van der Waals surface area contributed by atoms with Crippen molar-refractivity contribution in [3.63, 3.8) is 0 Å². The first-order chi connectivity index (χ1) is 15.1. The largest absolute Gasteiger partial charge is 0.444 e. The summed E-state index contributed by atoms with van der Waals surface area (Å²) in [6.45, 7) is 7.29. The number of fused-ring (bicyclic) bond motifs is 3. The highest BCUT2D eigenvalue weighted by molar-refractivity contribution is 5.82. The zero-order valence-electron chi connectivity index (χ0n) is 20.2. The summed E-state index contributed by atoms with van der Waals surface area (Å²) in [7, 11) is 3.41. The van der Waals surface area contributed by atoms with Crippen molar-refractivity contribution in [1.29, 1.82) is 0 Å². The van der Waals surface area contributed by atoms with Crippen molar-refractivity contribution >= 4 is 12.0 Å². The third kappa shape index (κ3) is 3.70. The van der Waals surface area contributed by atoms with Crippen molar-refractivity contribution in [2.75, 3.05) is 20.6 Å². The van der Waals surface area contributed by atoms with Crippen LogP contribution < -0.4 is 0 Å². The zero-order chi connectivity index (χ0) is 23.1. The highest BCUT2D eigenvalue weighted by Crippen LogP contribution is 2.72.